The van der Waals surface area contributed by atoms with E-state index in [2.05, 4.69) is 32.6 Å². The van der Waals surface area contributed by atoms with Crippen LogP contribution in [-0.2, 0) is 20.0 Å². The second-order valence-electron chi connectivity index (χ2n) is 6.13. The molecule has 0 aliphatic carbocycles. The maximum Gasteiger partial charge on any atom is 0.226 e. The zero-order chi connectivity index (χ0) is 18.4. The van der Waals surface area contributed by atoms with Gasteiger partial charge < -0.3 is 15.1 Å². The number of guanidine groups is 1. The number of benzene rings is 1. The summed E-state index contributed by atoms with van der Waals surface area (Å²) in [6.45, 7) is 3.38. The lowest BCUT2D eigenvalue weighted by Gasteiger charge is -2.10. The molecule has 0 saturated carbocycles. The van der Waals surface area contributed by atoms with Crippen LogP contribution < -0.4 is 10.6 Å². The summed E-state index contributed by atoms with van der Waals surface area (Å²) in [7, 11) is 3.67. The molecule has 144 valence electrons. The predicted molar refractivity (Wildman–Crippen MR) is 117 cm³/mol. The lowest BCUT2D eigenvalue weighted by atomic mass is 10.1. The van der Waals surface area contributed by atoms with Gasteiger partial charge in [-0.2, -0.15) is 5.10 Å². The second kappa shape index (κ2) is 10.1. The van der Waals surface area contributed by atoms with E-state index >= 15 is 0 Å². The van der Waals surface area contributed by atoms with Gasteiger partial charge in [-0.15, -0.1) is 24.0 Å². The summed E-state index contributed by atoms with van der Waals surface area (Å²) >= 11 is 0. The van der Waals surface area contributed by atoms with Crippen molar-refractivity contribution < 1.29 is 4.42 Å². The summed E-state index contributed by atoms with van der Waals surface area (Å²) in [5, 5.41) is 10.7. The first kappa shape index (κ1) is 20.9. The van der Waals surface area contributed by atoms with Crippen molar-refractivity contribution in [1.29, 1.82) is 0 Å². The predicted octanol–water partition coefficient (Wildman–Crippen LogP) is 2.91. The topological polar surface area (TPSA) is 80.3 Å². The number of aromatic nitrogens is 3. The summed E-state index contributed by atoms with van der Waals surface area (Å²) in [4.78, 5) is 8.75. The van der Waals surface area contributed by atoms with Crippen molar-refractivity contribution in [1.82, 2.24) is 25.4 Å². The van der Waals surface area contributed by atoms with Gasteiger partial charge in [0.15, 0.2) is 5.96 Å². The Morgan fingerprint density at radius 3 is 2.67 bits per heavy atom. The van der Waals surface area contributed by atoms with Gasteiger partial charge in [-0.25, -0.2) is 4.98 Å². The minimum atomic E-state index is 0. The van der Waals surface area contributed by atoms with Crippen LogP contribution in [-0.4, -0.2) is 34.3 Å². The van der Waals surface area contributed by atoms with Crippen molar-refractivity contribution in [2.24, 2.45) is 12.0 Å². The van der Waals surface area contributed by atoms with Crippen LogP contribution in [0, 0.1) is 6.92 Å². The third-order valence-corrected chi connectivity index (χ3v) is 3.98. The van der Waals surface area contributed by atoms with E-state index in [9.17, 15) is 0 Å². The molecule has 2 aromatic heterocycles. The molecule has 0 amide bonds. The number of nitrogens with zero attached hydrogens (tertiary/aromatic N) is 4. The molecule has 1 aromatic carbocycles. The average molecular weight is 480 g/mol. The van der Waals surface area contributed by atoms with Gasteiger partial charge in [0.1, 0.15) is 6.26 Å². The molecule has 27 heavy (non-hydrogen) atoms. The first-order valence-electron chi connectivity index (χ1n) is 8.57. The largest absolute Gasteiger partial charge is 0.444 e. The number of nitrogens with one attached hydrogen (secondary N) is 2. The van der Waals surface area contributed by atoms with Crippen molar-refractivity contribution in [3.8, 4) is 11.5 Å². The lowest BCUT2D eigenvalue weighted by Crippen LogP contribution is -2.37. The fourth-order valence-corrected chi connectivity index (χ4v) is 2.54. The van der Waals surface area contributed by atoms with Crippen LogP contribution in [0.15, 0.2) is 52.3 Å². The van der Waals surface area contributed by atoms with Crippen molar-refractivity contribution >= 4 is 29.9 Å². The quantitative estimate of drug-likeness (QED) is 0.322. The molecule has 0 aliphatic heterocycles. The van der Waals surface area contributed by atoms with Gasteiger partial charge in [-0.3, -0.25) is 9.67 Å². The molecular weight excluding hydrogens is 455 g/mol. The van der Waals surface area contributed by atoms with E-state index in [1.807, 2.05) is 43.7 Å². The minimum Gasteiger partial charge on any atom is -0.444 e. The summed E-state index contributed by atoms with van der Waals surface area (Å²) in [6.07, 6.45) is 6.45. The fourth-order valence-electron chi connectivity index (χ4n) is 2.54. The SMILES string of the molecule is CN=C(NCCc1cnn(C)c1)NCc1coc(-c2ccc(C)cc2)n1.I. The summed E-state index contributed by atoms with van der Waals surface area (Å²) in [5.41, 5.74) is 4.20. The monoisotopic (exact) mass is 480 g/mol. The number of aryl methyl sites for hydroxylation is 2. The zero-order valence-electron chi connectivity index (χ0n) is 15.8. The Labute approximate surface area is 176 Å². The molecule has 0 unspecified atom stereocenters. The Kier molecular flexibility index (Phi) is 7.83. The Hall–Kier alpha value is -2.36. The molecule has 0 fully saturated rings. The van der Waals surface area contributed by atoms with Crippen molar-refractivity contribution in [3.05, 3.63) is 59.7 Å². The van der Waals surface area contributed by atoms with Crippen LogP contribution in [0.25, 0.3) is 11.5 Å². The van der Waals surface area contributed by atoms with E-state index in [-0.39, 0.29) is 24.0 Å². The minimum absolute atomic E-state index is 0. The third kappa shape index (κ3) is 6.09. The van der Waals surface area contributed by atoms with Gasteiger partial charge in [0.25, 0.3) is 0 Å². The van der Waals surface area contributed by atoms with E-state index < -0.39 is 0 Å². The Morgan fingerprint density at radius 2 is 2.00 bits per heavy atom. The molecule has 0 radical (unpaired) electrons. The van der Waals surface area contributed by atoms with Gasteiger partial charge in [-0.05, 0) is 31.0 Å². The molecule has 7 nitrogen and oxygen atoms in total. The van der Waals surface area contributed by atoms with Crippen LogP contribution in [0.5, 0.6) is 0 Å². The highest BCUT2D eigenvalue weighted by molar-refractivity contribution is 14.0. The Morgan fingerprint density at radius 1 is 1.22 bits per heavy atom. The van der Waals surface area contributed by atoms with E-state index in [0.29, 0.717) is 12.4 Å². The standard InChI is InChI=1S/C19H24N6O.HI/c1-14-4-6-16(7-5-14)18-24-17(13-26-18)11-22-19(20-2)21-9-8-15-10-23-25(3)12-15;/h4-7,10,12-13H,8-9,11H2,1-3H3,(H2,20,21,22);1H. The number of hydrogen-bond donors (Lipinski definition) is 2. The van der Waals surface area contributed by atoms with E-state index in [1.54, 1.807) is 18.0 Å². The molecule has 0 aliphatic rings. The van der Waals surface area contributed by atoms with Gasteiger partial charge in [0.2, 0.25) is 5.89 Å². The molecule has 0 bridgehead atoms. The van der Waals surface area contributed by atoms with Gasteiger partial charge >= 0.3 is 0 Å². The van der Waals surface area contributed by atoms with Gasteiger partial charge in [-0.1, -0.05) is 17.7 Å². The molecule has 3 rings (SSSR count). The number of halogens is 1. The van der Waals surface area contributed by atoms with Crippen LogP contribution in [0.4, 0.5) is 0 Å². The molecule has 3 aromatic rings. The summed E-state index contributed by atoms with van der Waals surface area (Å²) < 4.78 is 7.38. The van der Waals surface area contributed by atoms with E-state index in [4.69, 9.17) is 4.42 Å². The van der Waals surface area contributed by atoms with Crippen LogP contribution in [0.2, 0.25) is 0 Å². The maximum absolute atomic E-state index is 5.58. The molecule has 8 heteroatoms. The van der Waals surface area contributed by atoms with Gasteiger partial charge in [0.05, 0.1) is 18.4 Å². The van der Waals surface area contributed by atoms with Crippen molar-refractivity contribution in [2.45, 2.75) is 19.9 Å². The molecule has 0 saturated heterocycles. The first-order valence-corrected chi connectivity index (χ1v) is 8.57. The van der Waals surface area contributed by atoms with Gasteiger partial charge in [0, 0.05) is 32.4 Å². The molecule has 0 spiro atoms. The lowest BCUT2D eigenvalue weighted by molar-refractivity contribution is 0.572. The van der Waals surface area contributed by atoms with Crippen LogP contribution >= 0.6 is 24.0 Å². The molecular formula is C19H25IN6O. The van der Waals surface area contributed by atoms with Crippen LogP contribution in [0.1, 0.15) is 16.8 Å². The normalized spacial score (nSPS) is 11.1. The summed E-state index contributed by atoms with van der Waals surface area (Å²) in [5.74, 6) is 1.36. The summed E-state index contributed by atoms with van der Waals surface area (Å²) in [6, 6.07) is 8.12. The molecule has 0 atom stereocenters. The highest BCUT2D eigenvalue weighted by atomic mass is 127. The van der Waals surface area contributed by atoms with Crippen molar-refractivity contribution in [2.75, 3.05) is 13.6 Å². The van der Waals surface area contributed by atoms with E-state index in [1.165, 1.54) is 11.1 Å². The molecule has 2 N–H and O–H groups in total. The maximum atomic E-state index is 5.58. The third-order valence-electron chi connectivity index (χ3n) is 3.98. The highest BCUT2D eigenvalue weighted by Gasteiger charge is 2.07. The second-order valence-corrected chi connectivity index (χ2v) is 6.13. The zero-order valence-corrected chi connectivity index (χ0v) is 18.1. The number of hydrogen-bond acceptors (Lipinski definition) is 4. The Balaban J connectivity index is 0.00000261. The van der Waals surface area contributed by atoms with Crippen LogP contribution in [0.3, 0.4) is 0 Å². The Bertz CT molecular complexity index is 868. The number of oxazole rings is 1. The smallest absolute Gasteiger partial charge is 0.226 e. The van der Waals surface area contributed by atoms with Crippen molar-refractivity contribution in [3.63, 3.8) is 0 Å². The van der Waals surface area contributed by atoms with E-state index in [0.717, 1.165) is 30.2 Å². The number of aliphatic imine (C=N–C) groups is 1. The average Bonchev–Trinajstić information content (AvgIpc) is 3.28. The molecule has 2 heterocycles. The fraction of sp³-hybridized carbons (Fsp3) is 0.316. The first-order chi connectivity index (χ1) is 12.6. The highest BCUT2D eigenvalue weighted by Crippen LogP contribution is 2.18. The number of rotatable bonds is 6.